The summed E-state index contributed by atoms with van der Waals surface area (Å²) in [4.78, 5) is 27.9. The molecular weight excluding hydrogens is 420 g/mol. The summed E-state index contributed by atoms with van der Waals surface area (Å²) in [6.07, 6.45) is 8.96. The van der Waals surface area contributed by atoms with Crippen LogP contribution in [-0.2, 0) is 11.2 Å². The summed E-state index contributed by atoms with van der Waals surface area (Å²) < 4.78 is 2.23. The molecule has 0 saturated carbocycles. The van der Waals surface area contributed by atoms with Gasteiger partial charge in [-0.25, -0.2) is 0 Å². The molecule has 1 atom stereocenters. The van der Waals surface area contributed by atoms with Crippen molar-refractivity contribution in [3.05, 3.63) is 56.5 Å². The zero-order chi connectivity index (χ0) is 23.4. The minimum absolute atomic E-state index is 0.00567. The van der Waals surface area contributed by atoms with E-state index < -0.39 is 5.97 Å². The summed E-state index contributed by atoms with van der Waals surface area (Å²) in [5.74, 6) is -0.830. The quantitative estimate of drug-likeness (QED) is 0.554. The van der Waals surface area contributed by atoms with Crippen LogP contribution in [0, 0.1) is 19.3 Å². The molecule has 5 nitrogen and oxygen atoms in total. The highest BCUT2D eigenvalue weighted by molar-refractivity contribution is 8.00. The molecule has 2 aliphatic rings. The summed E-state index contributed by atoms with van der Waals surface area (Å²) in [5.41, 5.74) is 8.91. The van der Waals surface area contributed by atoms with Crippen molar-refractivity contribution in [3.63, 3.8) is 0 Å². The SMILES string of the molecule is CSN1c2c(C)c(CC(=O)O)c(C3=CCC(C)(C)CC3)c(C)c2-c2c(cc[nH]c2=O)[C@H]1C. The first-order valence-electron chi connectivity index (χ1n) is 11.2. The Bertz CT molecular complexity index is 1190. The average Bonchev–Trinajstić information content (AvgIpc) is 2.72. The van der Waals surface area contributed by atoms with Crippen LogP contribution in [0.15, 0.2) is 23.1 Å². The number of allylic oxidation sites excluding steroid dienone is 2. The molecule has 4 rings (SSSR count). The van der Waals surface area contributed by atoms with Gasteiger partial charge in [-0.1, -0.05) is 31.9 Å². The third kappa shape index (κ3) is 3.58. The lowest BCUT2D eigenvalue weighted by molar-refractivity contribution is -0.136. The lowest BCUT2D eigenvalue weighted by Crippen LogP contribution is -2.30. The second-order valence-corrected chi connectivity index (χ2v) is 10.6. The van der Waals surface area contributed by atoms with Crippen molar-refractivity contribution in [2.24, 2.45) is 5.41 Å². The summed E-state index contributed by atoms with van der Waals surface area (Å²) >= 11 is 1.62. The van der Waals surface area contributed by atoms with Crippen molar-refractivity contribution in [1.82, 2.24) is 4.98 Å². The highest BCUT2D eigenvalue weighted by Crippen LogP contribution is 2.52. The molecule has 2 heterocycles. The third-order valence-electron chi connectivity index (χ3n) is 7.18. The first-order chi connectivity index (χ1) is 15.1. The summed E-state index contributed by atoms with van der Waals surface area (Å²) in [5, 5.41) is 9.78. The van der Waals surface area contributed by atoms with Gasteiger partial charge in [-0.05, 0) is 84.9 Å². The van der Waals surface area contributed by atoms with Gasteiger partial charge in [0.25, 0.3) is 5.56 Å². The van der Waals surface area contributed by atoms with Crippen LogP contribution < -0.4 is 9.86 Å². The van der Waals surface area contributed by atoms with Crippen LogP contribution in [0.3, 0.4) is 0 Å². The molecule has 170 valence electrons. The second kappa shape index (κ2) is 8.14. The molecule has 0 radical (unpaired) electrons. The first-order valence-corrected chi connectivity index (χ1v) is 12.4. The number of aromatic amines is 1. The Labute approximate surface area is 194 Å². The molecule has 6 heteroatoms. The molecule has 0 bridgehead atoms. The normalized spacial score (nSPS) is 19.2. The number of hydrogen-bond donors (Lipinski definition) is 2. The summed E-state index contributed by atoms with van der Waals surface area (Å²) in [6.45, 7) is 10.7. The van der Waals surface area contributed by atoms with Gasteiger partial charge in [0, 0.05) is 18.0 Å². The molecule has 0 unspecified atom stereocenters. The number of pyridine rings is 1. The molecule has 0 amide bonds. The maximum Gasteiger partial charge on any atom is 0.307 e. The van der Waals surface area contributed by atoms with Gasteiger partial charge < -0.3 is 14.4 Å². The Morgan fingerprint density at radius 3 is 2.56 bits per heavy atom. The van der Waals surface area contributed by atoms with E-state index in [0.717, 1.165) is 63.9 Å². The van der Waals surface area contributed by atoms with Gasteiger partial charge >= 0.3 is 5.97 Å². The van der Waals surface area contributed by atoms with Crippen molar-refractivity contribution in [2.75, 3.05) is 10.6 Å². The number of aliphatic carboxylic acids is 1. The number of nitrogens with zero attached hydrogens (tertiary/aromatic N) is 1. The van der Waals surface area contributed by atoms with E-state index in [4.69, 9.17) is 0 Å². The Balaban J connectivity index is 2.10. The zero-order valence-electron chi connectivity index (χ0n) is 19.8. The standard InChI is InChI=1S/C26H32N2O3S/c1-14-19(13-20(29)30)21(17-7-10-26(4,5)11-8-17)15(2)22-23-18(9-12-27-25(23)31)16(3)28(32-6)24(14)22/h7,9,12,16H,8,10-11,13H2,1-6H3,(H,27,31)(H,29,30)/t16-/m1/s1. The smallest absolute Gasteiger partial charge is 0.307 e. The number of anilines is 1. The molecule has 0 saturated heterocycles. The number of fused-ring (bicyclic) bond motifs is 3. The Morgan fingerprint density at radius 1 is 1.25 bits per heavy atom. The highest BCUT2D eigenvalue weighted by atomic mass is 32.2. The van der Waals surface area contributed by atoms with Gasteiger partial charge in [-0.2, -0.15) is 0 Å². The van der Waals surface area contributed by atoms with E-state index in [2.05, 4.69) is 43.1 Å². The van der Waals surface area contributed by atoms with Crippen LogP contribution in [0.1, 0.15) is 73.9 Å². The Hall–Kier alpha value is -2.47. The van der Waals surface area contributed by atoms with Gasteiger partial charge in [0.15, 0.2) is 0 Å². The number of aromatic nitrogens is 1. The number of carbonyl (C=O) groups is 1. The number of rotatable bonds is 4. The Morgan fingerprint density at radius 2 is 1.97 bits per heavy atom. The molecule has 1 aromatic heterocycles. The number of H-pyrrole nitrogens is 1. The van der Waals surface area contributed by atoms with Crippen LogP contribution >= 0.6 is 11.9 Å². The third-order valence-corrected chi connectivity index (χ3v) is 8.07. The fourth-order valence-corrected chi connectivity index (χ4v) is 6.25. The van der Waals surface area contributed by atoms with Gasteiger partial charge in [-0.3, -0.25) is 9.59 Å². The highest BCUT2D eigenvalue weighted by Gasteiger charge is 2.36. The van der Waals surface area contributed by atoms with Gasteiger partial charge in [0.1, 0.15) is 0 Å². The fraction of sp³-hybridized carbons (Fsp3) is 0.462. The van der Waals surface area contributed by atoms with Crippen molar-refractivity contribution < 1.29 is 9.90 Å². The maximum atomic E-state index is 13.1. The average molecular weight is 453 g/mol. The molecule has 1 aliphatic carbocycles. The predicted octanol–water partition coefficient (Wildman–Crippen LogP) is 6.04. The van der Waals surface area contributed by atoms with Crippen LogP contribution in [0.25, 0.3) is 16.7 Å². The molecular formula is C26H32N2O3S. The molecule has 0 fully saturated rings. The lowest BCUT2D eigenvalue weighted by Gasteiger charge is -2.40. The second-order valence-electron chi connectivity index (χ2n) is 9.82. The van der Waals surface area contributed by atoms with E-state index in [9.17, 15) is 14.7 Å². The van der Waals surface area contributed by atoms with Gasteiger partial charge in [0.2, 0.25) is 0 Å². The van der Waals surface area contributed by atoms with E-state index in [-0.39, 0.29) is 23.4 Å². The van der Waals surface area contributed by atoms with Gasteiger partial charge in [0.05, 0.1) is 23.7 Å². The monoisotopic (exact) mass is 452 g/mol. The Kier molecular flexibility index (Phi) is 5.78. The molecule has 32 heavy (non-hydrogen) atoms. The van der Waals surface area contributed by atoms with E-state index >= 15 is 0 Å². The fourth-order valence-electron chi connectivity index (χ4n) is 5.41. The molecule has 2 N–H and O–H groups in total. The number of benzene rings is 1. The summed E-state index contributed by atoms with van der Waals surface area (Å²) in [6, 6.07) is 2.00. The predicted molar refractivity (Wildman–Crippen MR) is 133 cm³/mol. The number of hydrogen-bond acceptors (Lipinski definition) is 4. The van der Waals surface area contributed by atoms with Crippen molar-refractivity contribution in [1.29, 1.82) is 0 Å². The number of carboxylic acids is 1. The number of nitrogens with one attached hydrogen (secondary N) is 1. The largest absolute Gasteiger partial charge is 0.481 e. The van der Waals surface area contributed by atoms with E-state index in [1.807, 2.05) is 19.2 Å². The van der Waals surface area contributed by atoms with Gasteiger partial charge in [-0.15, -0.1) is 0 Å². The van der Waals surface area contributed by atoms with Crippen molar-refractivity contribution in [2.45, 2.75) is 66.3 Å². The molecule has 1 aliphatic heterocycles. The zero-order valence-corrected chi connectivity index (χ0v) is 20.6. The van der Waals surface area contributed by atoms with Crippen molar-refractivity contribution in [3.8, 4) is 11.1 Å². The molecule has 2 aromatic rings. The molecule has 1 aromatic carbocycles. The minimum Gasteiger partial charge on any atom is -0.481 e. The van der Waals surface area contributed by atoms with Crippen LogP contribution in [0.2, 0.25) is 0 Å². The van der Waals surface area contributed by atoms with E-state index in [0.29, 0.717) is 0 Å². The van der Waals surface area contributed by atoms with Crippen LogP contribution in [0.5, 0.6) is 0 Å². The molecule has 0 spiro atoms. The summed E-state index contributed by atoms with van der Waals surface area (Å²) in [7, 11) is 0. The van der Waals surface area contributed by atoms with E-state index in [1.165, 1.54) is 5.57 Å². The topological polar surface area (TPSA) is 73.4 Å². The van der Waals surface area contributed by atoms with Crippen molar-refractivity contribution >= 4 is 29.2 Å². The van der Waals surface area contributed by atoms with Crippen LogP contribution in [0.4, 0.5) is 5.69 Å². The first kappa shape index (κ1) is 22.7. The maximum absolute atomic E-state index is 13.1. The minimum atomic E-state index is -0.830. The lowest BCUT2D eigenvalue weighted by atomic mass is 9.73. The van der Waals surface area contributed by atoms with Crippen LogP contribution in [-0.4, -0.2) is 22.3 Å². The van der Waals surface area contributed by atoms with E-state index in [1.54, 1.807) is 18.1 Å². The number of carboxylic acid groups (broad SMARTS) is 1.